The van der Waals surface area contributed by atoms with Crippen LogP contribution in [0, 0.1) is 0 Å². The molecular formula is C16H16ClN5OS. The van der Waals surface area contributed by atoms with Crippen molar-refractivity contribution < 1.29 is 4.79 Å². The van der Waals surface area contributed by atoms with E-state index in [0.29, 0.717) is 46.4 Å². The number of aromatic nitrogens is 3. The Morgan fingerprint density at radius 3 is 2.83 bits per heavy atom. The maximum atomic E-state index is 11.9. The van der Waals surface area contributed by atoms with Gasteiger partial charge in [-0.1, -0.05) is 23.7 Å². The van der Waals surface area contributed by atoms with Gasteiger partial charge < -0.3 is 11.5 Å². The number of thiazole rings is 1. The van der Waals surface area contributed by atoms with Crippen LogP contribution in [-0.4, -0.2) is 21.1 Å². The topological polar surface area (TPSA) is 111 Å². The van der Waals surface area contributed by atoms with Crippen LogP contribution in [-0.2, 0) is 19.3 Å². The van der Waals surface area contributed by atoms with Crippen molar-refractivity contribution >= 4 is 34.0 Å². The van der Waals surface area contributed by atoms with Gasteiger partial charge in [0.1, 0.15) is 0 Å². The Bertz CT molecular complexity index is 873. The van der Waals surface area contributed by atoms with Gasteiger partial charge >= 0.3 is 0 Å². The number of amides is 1. The summed E-state index contributed by atoms with van der Waals surface area (Å²) in [7, 11) is 0. The van der Waals surface area contributed by atoms with Gasteiger partial charge in [-0.25, -0.2) is 4.98 Å². The van der Waals surface area contributed by atoms with Gasteiger partial charge in [-0.05, 0) is 30.5 Å². The predicted octanol–water partition coefficient (Wildman–Crippen LogP) is 2.58. The molecule has 8 heteroatoms. The zero-order valence-corrected chi connectivity index (χ0v) is 14.3. The SMILES string of the molecule is NC(=O)c1c(CCc2cnc(N)s2)n[nH]c1Cc1cccc(Cl)c1. The third-order valence-corrected chi connectivity index (χ3v) is 4.73. The number of halogens is 1. The number of aromatic amines is 1. The predicted molar refractivity (Wildman–Crippen MR) is 95.3 cm³/mol. The number of H-pyrrole nitrogens is 1. The lowest BCUT2D eigenvalue weighted by atomic mass is 10.0. The number of nitrogen functional groups attached to an aromatic ring is 1. The first kappa shape index (κ1) is 16.5. The minimum Gasteiger partial charge on any atom is -0.375 e. The number of primary amides is 1. The Morgan fingerprint density at radius 1 is 1.33 bits per heavy atom. The third-order valence-electron chi connectivity index (χ3n) is 3.61. The zero-order chi connectivity index (χ0) is 17.1. The fourth-order valence-electron chi connectivity index (χ4n) is 2.55. The van der Waals surface area contributed by atoms with Gasteiger partial charge in [0.25, 0.3) is 5.91 Å². The van der Waals surface area contributed by atoms with Gasteiger partial charge in [0.15, 0.2) is 5.13 Å². The van der Waals surface area contributed by atoms with Crippen LogP contribution in [0.4, 0.5) is 5.13 Å². The Labute approximate surface area is 147 Å². The summed E-state index contributed by atoms with van der Waals surface area (Å²) in [4.78, 5) is 16.9. The van der Waals surface area contributed by atoms with E-state index in [2.05, 4.69) is 15.2 Å². The smallest absolute Gasteiger partial charge is 0.252 e. The molecule has 2 aromatic heterocycles. The highest BCUT2D eigenvalue weighted by Crippen LogP contribution is 2.21. The van der Waals surface area contributed by atoms with Crippen molar-refractivity contribution in [2.45, 2.75) is 19.3 Å². The van der Waals surface area contributed by atoms with E-state index in [1.807, 2.05) is 18.2 Å². The lowest BCUT2D eigenvalue weighted by molar-refractivity contribution is 0.0998. The van der Waals surface area contributed by atoms with E-state index in [9.17, 15) is 4.79 Å². The molecule has 0 saturated heterocycles. The normalized spacial score (nSPS) is 10.9. The maximum absolute atomic E-state index is 11.9. The van der Waals surface area contributed by atoms with E-state index >= 15 is 0 Å². The number of anilines is 1. The first-order valence-corrected chi connectivity index (χ1v) is 8.53. The number of carbonyl (C=O) groups excluding carboxylic acids is 1. The van der Waals surface area contributed by atoms with Gasteiger partial charge in [-0.15, -0.1) is 11.3 Å². The molecule has 0 spiro atoms. The first-order chi connectivity index (χ1) is 11.5. The van der Waals surface area contributed by atoms with Crippen LogP contribution in [0.2, 0.25) is 5.02 Å². The molecule has 0 bridgehead atoms. The molecule has 0 aliphatic rings. The fraction of sp³-hybridized carbons (Fsp3) is 0.188. The average molecular weight is 362 g/mol. The monoisotopic (exact) mass is 361 g/mol. The van der Waals surface area contributed by atoms with Crippen molar-refractivity contribution in [1.82, 2.24) is 15.2 Å². The number of benzene rings is 1. The van der Waals surface area contributed by atoms with Crippen molar-refractivity contribution in [3.8, 4) is 0 Å². The van der Waals surface area contributed by atoms with E-state index in [4.69, 9.17) is 23.1 Å². The maximum Gasteiger partial charge on any atom is 0.252 e. The minimum absolute atomic E-state index is 0.451. The van der Waals surface area contributed by atoms with Crippen molar-refractivity contribution in [3.05, 3.63) is 62.9 Å². The molecule has 0 aliphatic carbocycles. The second-order valence-electron chi connectivity index (χ2n) is 5.36. The Kier molecular flexibility index (Phi) is 4.82. The van der Waals surface area contributed by atoms with Gasteiger partial charge in [-0.2, -0.15) is 5.10 Å². The number of carbonyl (C=O) groups is 1. The van der Waals surface area contributed by atoms with Gasteiger partial charge in [0, 0.05) is 22.5 Å². The summed E-state index contributed by atoms with van der Waals surface area (Å²) in [6.07, 6.45) is 3.55. The second-order valence-corrected chi connectivity index (χ2v) is 6.94. The zero-order valence-electron chi connectivity index (χ0n) is 12.8. The van der Waals surface area contributed by atoms with E-state index in [1.165, 1.54) is 11.3 Å². The first-order valence-electron chi connectivity index (χ1n) is 7.33. The third kappa shape index (κ3) is 3.74. The number of nitrogens with zero attached hydrogens (tertiary/aromatic N) is 2. The molecule has 3 rings (SSSR count). The highest BCUT2D eigenvalue weighted by molar-refractivity contribution is 7.15. The molecule has 5 N–H and O–H groups in total. The molecule has 24 heavy (non-hydrogen) atoms. The van der Waals surface area contributed by atoms with Crippen LogP contribution in [0.1, 0.15) is 32.2 Å². The van der Waals surface area contributed by atoms with Crippen molar-refractivity contribution in [1.29, 1.82) is 0 Å². The number of rotatable bonds is 6. The van der Waals surface area contributed by atoms with Crippen LogP contribution in [0.3, 0.4) is 0 Å². The minimum atomic E-state index is -0.486. The molecule has 1 aromatic carbocycles. The summed E-state index contributed by atoms with van der Waals surface area (Å²) in [5, 5.41) is 8.39. The van der Waals surface area contributed by atoms with Crippen molar-refractivity contribution in [2.75, 3.05) is 5.73 Å². The van der Waals surface area contributed by atoms with E-state index in [0.717, 1.165) is 10.4 Å². The largest absolute Gasteiger partial charge is 0.375 e. The number of hydrogen-bond donors (Lipinski definition) is 3. The number of nitrogens with two attached hydrogens (primary N) is 2. The lowest BCUT2D eigenvalue weighted by Crippen LogP contribution is -2.15. The molecule has 0 fully saturated rings. The highest BCUT2D eigenvalue weighted by atomic mass is 35.5. The summed E-state index contributed by atoms with van der Waals surface area (Å²) in [6.45, 7) is 0. The molecule has 0 atom stereocenters. The summed E-state index contributed by atoms with van der Waals surface area (Å²) >= 11 is 7.44. The second kappa shape index (κ2) is 7.02. The Balaban J connectivity index is 1.80. The van der Waals surface area contributed by atoms with Crippen LogP contribution < -0.4 is 11.5 Å². The molecule has 124 valence electrons. The van der Waals surface area contributed by atoms with Crippen molar-refractivity contribution in [2.24, 2.45) is 5.73 Å². The number of nitrogens with one attached hydrogen (secondary N) is 1. The van der Waals surface area contributed by atoms with Gasteiger partial charge in [0.05, 0.1) is 17.0 Å². The Morgan fingerprint density at radius 2 is 2.17 bits per heavy atom. The van der Waals surface area contributed by atoms with Crippen LogP contribution in [0.5, 0.6) is 0 Å². The Hall–Kier alpha value is -2.38. The quantitative estimate of drug-likeness (QED) is 0.626. The van der Waals surface area contributed by atoms with Gasteiger partial charge in [-0.3, -0.25) is 9.89 Å². The average Bonchev–Trinajstić information content (AvgIpc) is 3.11. The molecule has 1 amide bonds. The molecule has 0 unspecified atom stereocenters. The molecule has 2 heterocycles. The molecule has 6 nitrogen and oxygen atoms in total. The molecular weight excluding hydrogens is 346 g/mol. The van der Waals surface area contributed by atoms with Crippen molar-refractivity contribution in [3.63, 3.8) is 0 Å². The molecule has 3 aromatic rings. The molecule has 0 aliphatic heterocycles. The summed E-state index contributed by atoms with van der Waals surface area (Å²) in [5.74, 6) is -0.486. The van der Waals surface area contributed by atoms with Crippen LogP contribution in [0.15, 0.2) is 30.5 Å². The van der Waals surface area contributed by atoms with Crippen LogP contribution in [0.25, 0.3) is 0 Å². The van der Waals surface area contributed by atoms with E-state index in [1.54, 1.807) is 12.3 Å². The lowest BCUT2D eigenvalue weighted by Gasteiger charge is -2.03. The molecule has 0 saturated carbocycles. The standard InChI is InChI=1S/C16H16ClN5OS/c17-10-3-1-2-9(6-10)7-13-14(15(18)23)12(21-22-13)5-4-11-8-20-16(19)24-11/h1-3,6,8H,4-5,7H2,(H2,18,23)(H2,19,20)(H,21,22). The number of aryl methyl sites for hydroxylation is 2. The summed E-state index contributed by atoms with van der Waals surface area (Å²) in [5.41, 5.74) is 14.0. The van der Waals surface area contributed by atoms with Gasteiger partial charge in [0.2, 0.25) is 0 Å². The summed E-state index contributed by atoms with van der Waals surface area (Å²) < 4.78 is 0. The molecule has 0 radical (unpaired) electrons. The number of hydrogen-bond acceptors (Lipinski definition) is 5. The fourth-order valence-corrected chi connectivity index (χ4v) is 3.45. The summed E-state index contributed by atoms with van der Waals surface area (Å²) in [6, 6.07) is 7.47. The van der Waals surface area contributed by atoms with E-state index < -0.39 is 5.91 Å². The van der Waals surface area contributed by atoms with Crippen LogP contribution >= 0.6 is 22.9 Å². The highest BCUT2D eigenvalue weighted by Gasteiger charge is 2.18. The van der Waals surface area contributed by atoms with E-state index in [-0.39, 0.29) is 0 Å².